The minimum atomic E-state index is 0.180. The molecule has 0 aliphatic rings. The molecule has 2 heterocycles. The van der Waals surface area contributed by atoms with Crippen LogP contribution in [0.4, 0.5) is 0 Å². The number of nitrogen functional groups attached to an aromatic ring is 2. The molecule has 4 N–H and O–H groups in total. The van der Waals surface area contributed by atoms with Crippen molar-refractivity contribution in [3.05, 3.63) is 72.3 Å². The molecule has 11 heteroatoms. The molecule has 10 nitrogen and oxygen atoms in total. The third-order valence-electron chi connectivity index (χ3n) is 3.88. The maximum atomic E-state index is 6.07. The topological polar surface area (TPSA) is 132 Å². The first-order valence-corrected chi connectivity index (χ1v) is 9.44. The fourth-order valence-corrected chi connectivity index (χ4v) is 3.10. The largest absolute Gasteiger partial charge is 0.486 e. The second-order valence-corrected chi connectivity index (χ2v) is 6.78. The Morgan fingerprint density at radius 3 is 1.48 bits per heavy atom. The van der Waals surface area contributed by atoms with E-state index in [1.165, 1.54) is 9.35 Å². The number of ether oxygens (including phenoxy) is 2. The maximum absolute atomic E-state index is 6.07. The van der Waals surface area contributed by atoms with Crippen LogP contribution in [0.25, 0.3) is 0 Å². The summed E-state index contributed by atoms with van der Waals surface area (Å²) in [5.74, 6) is 14.5. The van der Waals surface area contributed by atoms with Crippen LogP contribution >= 0.6 is 11.8 Å². The van der Waals surface area contributed by atoms with Gasteiger partial charge in [-0.3, -0.25) is 0 Å². The first-order chi connectivity index (χ1) is 14.2. The molecule has 0 unspecified atom stereocenters. The Balaban J connectivity index is 1.39. The van der Waals surface area contributed by atoms with E-state index < -0.39 is 0 Å². The molecule has 0 saturated heterocycles. The number of nitrogens with zero attached hydrogens (tertiary/aromatic N) is 6. The number of rotatable bonds is 8. The maximum Gasteiger partial charge on any atom is 0.217 e. The Morgan fingerprint density at radius 1 is 0.655 bits per heavy atom. The predicted molar refractivity (Wildman–Crippen MR) is 106 cm³/mol. The van der Waals surface area contributed by atoms with Gasteiger partial charge in [-0.2, -0.15) is 0 Å². The second kappa shape index (κ2) is 8.52. The molecule has 0 atom stereocenters. The molecule has 148 valence electrons. The predicted octanol–water partition coefficient (Wildman–Crippen LogP) is 1.61. The summed E-state index contributed by atoms with van der Waals surface area (Å²) < 4.78 is 14.0. The lowest BCUT2D eigenvalue weighted by atomic mass is 10.3. The van der Waals surface area contributed by atoms with E-state index in [2.05, 4.69) is 20.4 Å². The van der Waals surface area contributed by atoms with Crippen molar-refractivity contribution in [2.75, 3.05) is 11.7 Å². The first-order valence-electron chi connectivity index (χ1n) is 8.63. The van der Waals surface area contributed by atoms with E-state index in [1.807, 2.05) is 60.7 Å². The molecule has 0 aliphatic carbocycles. The molecule has 4 aromatic rings. The zero-order chi connectivity index (χ0) is 20.1. The van der Waals surface area contributed by atoms with E-state index in [-0.39, 0.29) is 13.2 Å². The van der Waals surface area contributed by atoms with Gasteiger partial charge in [-0.1, -0.05) is 36.4 Å². The van der Waals surface area contributed by atoms with Gasteiger partial charge < -0.3 is 21.2 Å². The molecular formula is C18H18N8O2S. The molecular weight excluding hydrogens is 392 g/mol. The summed E-state index contributed by atoms with van der Waals surface area (Å²) in [6.07, 6.45) is 0. The van der Waals surface area contributed by atoms with Crippen LogP contribution in [0.2, 0.25) is 0 Å². The fourth-order valence-electron chi connectivity index (χ4n) is 2.36. The number of nitrogens with two attached hydrogens (primary N) is 2. The van der Waals surface area contributed by atoms with Crippen molar-refractivity contribution < 1.29 is 9.47 Å². The van der Waals surface area contributed by atoms with Crippen molar-refractivity contribution in [3.63, 3.8) is 0 Å². The SMILES string of the molecule is Nn1c(COc2ccccc2)nnc1Sc1nnc(COc2ccccc2)n1N. The highest BCUT2D eigenvalue weighted by atomic mass is 32.2. The summed E-state index contributed by atoms with van der Waals surface area (Å²) in [6.45, 7) is 0.360. The monoisotopic (exact) mass is 410 g/mol. The van der Waals surface area contributed by atoms with Crippen molar-refractivity contribution in [2.24, 2.45) is 0 Å². The highest BCUT2D eigenvalue weighted by Gasteiger charge is 2.17. The Hall–Kier alpha value is -3.73. The molecule has 0 amide bonds. The van der Waals surface area contributed by atoms with Gasteiger partial charge in [-0.05, 0) is 36.0 Å². The van der Waals surface area contributed by atoms with Crippen LogP contribution in [-0.2, 0) is 13.2 Å². The Kier molecular flexibility index (Phi) is 5.47. The molecule has 2 aromatic carbocycles. The number of aromatic nitrogens is 6. The smallest absolute Gasteiger partial charge is 0.217 e. The summed E-state index contributed by atoms with van der Waals surface area (Å²) in [5, 5.41) is 17.1. The minimum Gasteiger partial charge on any atom is -0.486 e. The molecule has 0 aliphatic heterocycles. The highest BCUT2D eigenvalue weighted by molar-refractivity contribution is 7.99. The van der Waals surface area contributed by atoms with Crippen molar-refractivity contribution in [1.29, 1.82) is 0 Å². The molecule has 29 heavy (non-hydrogen) atoms. The van der Waals surface area contributed by atoms with E-state index in [0.29, 0.717) is 22.0 Å². The van der Waals surface area contributed by atoms with Crippen LogP contribution in [-0.4, -0.2) is 29.7 Å². The van der Waals surface area contributed by atoms with Gasteiger partial charge in [0.2, 0.25) is 10.3 Å². The summed E-state index contributed by atoms with van der Waals surface area (Å²) in [4.78, 5) is 0. The molecule has 2 aromatic heterocycles. The first kappa shape index (κ1) is 18.6. The van der Waals surface area contributed by atoms with Gasteiger partial charge in [-0.25, -0.2) is 9.35 Å². The van der Waals surface area contributed by atoms with Gasteiger partial charge in [0.1, 0.15) is 24.7 Å². The second-order valence-electron chi connectivity index (χ2n) is 5.84. The molecule has 0 saturated carbocycles. The summed E-state index contributed by atoms with van der Waals surface area (Å²) in [5.41, 5.74) is 0. The van der Waals surface area contributed by atoms with E-state index >= 15 is 0 Å². The number of benzene rings is 2. The van der Waals surface area contributed by atoms with Crippen molar-refractivity contribution in [1.82, 2.24) is 29.7 Å². The van der Waals surface area contributed by atoms with Gasteiger partial charge in [0, 0.05) is 0 Å². The van der Waals surface area contributed by atoms with Gasteiger partial charge in [0.15, 0.2) is 11.6 Å². The standard InChI is InChI=1S/C18H18N8O2S/c19-25-15(11-27-13-7-3-1-4-8-13)21-23-17(25)29-18-24-22-16(26(18)20)12-28-14-9-5-2-6-10-14/h1-10H,11-12,19-20H2. The number of hydrogen-bond donors (Lipinski definition) is 2. The Labute approximate surface area is 170 Å². The van der Waals surface area contributed by atoms with Crippen LogP contribution in [0.5, 0.6) is 11.5 Å². The summed E-state index contributed by atoms with van der Waals surface area (Å²) in [7, 11) is 0. The van der Waals surface area contributed by atoms with Crippen LogP contribution < -0.4 is 21.2 Å². The highest BCUT2D eigenvalue weighted by Crippen LogP contribution is 2.24. The summed E-state index contributed by atoms with van der Waals surface area (Å²) >= 11 is 1.14. The van der Waals surface area contributed by atoms with Crippen LogP contribution in [0.15, 0.2) is 71.0 Å². The lowest BCUT2D eigenvalue weighted by Crippen LogP contribution is -2.17. The average Bonchev–Trinajstić information content (AvgIpc) is 3.29. The molecule has 0 fully saturated rings. The number of para-hydroxylation sites is 2. The normalized spacial score (nSPS) is 10.8. The fraction of sp³-hybridized carbons (Fsp3) is 0.111. The minimum absolute atomic E-state index is 0.180. The Morgan fingerprint density at radius 2 is 1.07 bits per heavy atom. The third kappa shape index (κ3) is 4.41. The van der Waals surface area contributed by atoms with Gasteiger partial charge in [-0.15, -0.1) is 20.4 Å². The third-order valence-corrected chi connectivity index (χ3v) is 4.80. The quantitative estimate of drug-likeness (QED) is 0.416. The average molecular weight is 410 g/mol. The Bertz CT molecular complexity index is 982. The zero-order valence-corrected chi connectivity index (χ0v) is 16.1. The van der Waals surface area contributed by atoms with Crippen molar-refractivity contribution >= 4 is 11.8 Å². The van der Waals surface area contributed by atoms with Gasteiger partial charge >= 0.3 is 0 Å². The number of hydrogen-bond acceptors (Lipinski definition) is 9. The van der Waals surface area contributed by atoms with Crippen LogP contribution in [0, 0.1) is 0 Å². The van der Waals surface area contributed by atoms with E-state index in [0.717, 1.165) is 23.3 Å². The van der Waals surface area contributed by atoms with Crippen molar-refractivity contribution in [2.45, 2.75) is 23.5 Å². The molecule has 0 spiro atoms. The zero-order valence-electron chi connectivity index (χ0n) is 15.3. The van der Waals surface area contributed by atoms with Gasteiger partial charge in [0.25, 0.3) is 0 Å². The van der Waals surface area contributed by atoms with Crippen LogP contribution in [0.3, 0.4) is 0 Å². The van der Waals surface area contributed by atoms with E-state index in [4.69, 9.17) is 21.2 Å². The molecule has 0 radical (unpaired) electrons. The van der Waals surface area contributed by atoms with E-state index in [1.54, 1.807) is 0 Å². The van der Waals surface area contributed by atoms with Crippen molar-refractivity contribution in [3.8, 4) is 11.5 Å². The lowest BCUT2D eigenvalue weighted by molar-refractivity contribution is 0.291. The van der Waals surface area contributed by atoms with Crippen LogP contribution in [0.1, 0.15) is 11.6 Å². The molecule has 4 rings (SSSR count). The van der Waals surface area contributed by atoms with Gasteiger partial charge in [0.05, 0.1) is 0 Å². The van der Waals surface area contributed by atoms with E-state index in [9.17, 15) is 0 Å². The summed E-state index contributed by atoms with van der Waals surface area (Å²) in [6, 6.07) is 18.8. The lowest BCUT2D eigenvalue weighted by Gasteiger charge is -2.07. The molecule has 0 bridgehead atoms.